The van der Waals surface area contributed by atoms with Gasteiger partial charge in [0.25, 0.3) is 11.8 Å². The highest BCUT2D eigenvalue weighted by atomic mass is 35.5. The van der Waals surface area contributed by atoms with Crippen LogP contribution in [-0.4, -0.2) is 45.9 Å². The molecule has 3 aromatic rings. The first-order chi connectivity index (χ1) is 15.9. The molecule has 3 amide bonds. The first-order valence-electron chi connectivity index (χ1n) is 10.5. The van der Waals surface area contributed by atoms with Gasteiger partial charge in [-0.2, -0.15) is 0 Å². The summed E-state index contributed by atoms with van der Waals surface area (Å²) >= 11 is 6.78. The summed E-state index contributed by atoms with van der Waals surface area (Å²) in [7, 11) is 0. The van der Waals surface area contributed by atoms with Crippen LogP contribution in [0.2, 0.25) is 5.02 Å². The zero-order valence-electron chi connectivity index (χ0n) is 17.9. The lowest BCUT2D eigenvalue weighted by Gasteiger charge is -2.31. The van der Waals surface area contributed by atoms with Gasteiger partial charge in [-0.1, -0.05) is 40.6 Å². The molecule has 4 rings (SSSR count). The van der Waals surface area contributed by atoms with Crippen LogP contribution in [0.4, 0.5) is 11.4 Å². The van der Waals surface area contributed by atoms with Crippen molar-refractivity contribution in [2.24, 2.45) is 5.92 Å². The minimum Gasteiger partial charge on any atom is -0.336 e. The lowest BCUT2D eigenvalue weighted by Crippen LogP contribution is -2.43. The third-order valence-electron chi connectivity index (χ3n) is 5.30. The van der Waals surface area contributed by atoms with Gasteiger partial charge in [0.05, 0.1) is 5.92 Å². The summed E-state index contributed by atoms with van der Waals surface area (Å²) in [6.45, 7) is 2.80. The van der Waals surface area contributed by atoms with E-state index in [9.17, 15) is 14.4 Å². The van der Waals surface area contributed by atoms with E-state index in [-0.39, 0.29) is 27.7 Å². The smallest absolute Gasteiger partial charge is 0.286 e. The summed E-state index contributed by atoms with van der Waals surface area (Å²) in [5, 5.41) is 14.2. The number of hydrogen-bond acceptors (Lipinski definition) is 6. The summed E-state index contributed by atoms with van der Waals surface area (Å²) in [6.07, 6.45) is 1.41. The number of aromatic nitrogens is 2. The zero-order chi connectivity index (χ0) is 23.4. The molecule has 0 unspecified atom stereocenters. The van der Waals surface area contributed by atoms with E-state index in [0.29, 0.717) is 36.6 Å². The van der Waals surface area contributed by atoms with Crippen molar-refractivity contribution < 1.29 is 14.4 Å². The van der Waals surface area contributed by atoms with E-state index in [0.717, 1.165) is 22.6 Å². The molecule has 0 spiro atoms. The van der Waals surface area contributed by atoms with Crippen molar-refractivity contribution in [3.8, 4) is 0 Å². The Morgan fingerprint density at radius 1 is 0.970 bits per heavy atom. The largest absolute Gasteiger partial charge is 0.336 e. The second-order valence-corrected chi connectivity index (χ2v) is 9.23. The lowest BCUT2D eigenvalue weighted by molar-refractivity contribution is -0.121. The van der Waals surface area contributed by atoms with E-state index in [1.165, 1.54) is 0 Å². The van der Waals surface area contributed by atoms with Crippen molar-refractivity contribution in [3.05, 3.63) is 69.1 Å². The molecule has 10 heteroatoms. The zero-order valence-corrected chi connectivity index (χ0v) is 19.4. The number of benzene rings is 2. The van der Waals surface area contributed by atoms with Crippen molar-refractivity contribution >= 4 is 52.0 Å². The number of carbonyl (C=O) groups is 3. The number of amides is 3. The maximum Gasteiger partial charge on any atom is 0.286 e. The number of rotatable bonds is 5. The number of piperidine rings is 1. The van der Waals surface area contributed by atoms with Crippen molar-refractivity contribution in [1.29, 1.82) is 0 Å². The molecule has 2 aromatic carbocycles. The maximum atomic E-state index is 13.0. The van der Waals surface area contributed by atoms with Gasteiger partial charge in [0.1, 0.15) is 0 Å². The van der Waals surface area contributed by atoms with Gasteiger partial charge >= 0.3 is 0 Å². The number of hydrogen-bond donors (Lipinski definition) is 2. The number of likely N-dealkylation sites (tertiary alicyclic amines) is 1. The van der Waals surface area contributed by atoms with Crippen LogP contribution in [0.1, 0.15) is 38.0 Å². The van der Waals surface area contributed by atoms with Crippen LogP contribution in [0.25, 0.3) is 0 Å². The van der Waals surface area contributed by atoms with Gasteiger partial charge in [0, 0.05) is 29.5 Å². The Morgan fingerprint density at radius 3 is 2.33 bits per heavy atom. The molecule has 1 saturated heterocycles. The van der Waals surface area contributed by atoms with Gasteiger partial charge in [-0.3, -0.25) is 14.4 Å². The summed E-state index contributed by atoms with van der Waals surface area (Å²) in [5.41, 5.74) is 2.40. The van der Waals surface area contributed by atoms with Crippen LogP contribution in [0.5, 0.6) is 0 Å². The highest BCUT2D eigenvalue weighted by Crippen LogP contribution is 2.22. The van der Waals surface area contributed by atoms with Gasteiger partial charge in [-0.05, 0) is 56.2 Å². The Kier molecular flexibility index (Phi) is 7.00. The van der Waals surface area contributed by atoms with Crippen LogP contribution >= 0.6 is 22.9 Å². The molecule has 0 aliphatic carbocycles. The highest BCUT2D eigenvalue weighted by Gasteiger charge is 2.31. The molecule has 2 heterocycles. The normalized spacial score (nSPS) is 15.7. The van der Waals surface area contributed by atoms with Crippen molar-refractivity contribution in [3.63, 3.8) is 0 Å². The summed E-state index contributed by atoms with van der Waals surface area (Å²) in [5.74, 6) is -1.21. The molecule has 1 aromatic heterocycles. The summed E-state index contributed by atoms with van der Waals surface area (Å²) < 4.78 is 0. The fourth-order valence-corrected chi connectivity index (χ4v) is 4.34. The van der Waals surface area contributed by atoms with Crippen molar-refractivity contribution in [1.82, 2.24) is 15.1 Å². The second kappa shape index (κ2) is 10.1. The molecule has 170 valence electrons. The van der Waals surface area contributed by atoms with Gasteiger partial charge < -0.3 is 15.5 Å². The molecule has 2 N–H and O–H groups in total. The number of nitrogens with one attached hydrogen (secondary N) is 2. The Bertz CT molecular complexity index is 1160. The standard InChI is InChI=1S/C23H22ClN5O3S/c1-14-4-8-17(9-5-14)25-19(30)15-3-2-12-29(13-15)23(32)22-28-27-21(33-22)20(31)26-18-10-6-16(24)7-11-18/h4-11,15H,2-3,12-13H2,1H3,(H,25,30)(H,26,31)/t15-/m1/s1. The van der Waals surface area contributed by atoms with Crippen LogP contribution in [0.15, 0.2) is 48.5 Å². The Balaban J connectivity index is 1.37. The molecule has 0 bridgehead atoms. The number of carbonyl (C=O) groups excluding carboxylic acids is 3. The minimum atomic E-state index is -0.456. The molecule has 8 nitrogen and oxygen atoms in total. The predicted molar refractivity (Wildman–Crippen MR) is 128 cm³/mol. The maximum absolute atomic E-state index is 13.0. The summed E-state index contributed by atoms with van der Waals surface area (Å²) in [6, 6.07) is 14.2. The quantitative estimate of drug-likeness (QED) is 0.564. The van der Waals surface area contributed by atoms with E-state index in [1.54, 1.807) is 29.2 Å². The molecule has 33 heavy (non-hydrogen) atoms. The summed E-state index contributed by atoms with van der Waals surface area (Å²) in [4.78, 5) is 39.7. The van der Waals surface area contributed by atoms with Crippen LogP contribution in [0, 0.1) is 12.8 Å². The van der Waals surface area contributed by atoms with Crippen molar-refractivity contribution in [2.75, 3.05) is 23.7 Å². The third-order valence-corrected chi connectivity index (χ3v) is 6.46. The topological polar surface area (TPSA) is 104 Å². The van der Waals surface area contributed by atoms with E-state index in [4.69, 9.17) is 11.6 Å². The fraction of sp³-hybridized carbons (Fsp3) is 0.261. The molecule has 1 fully saturated rings. The third kappa shape index (κ3) is 5.74. The average Bonchev–Trinajstić information content (AvgIpc) is 3.32. The molecule has 0 radical (unpaired) electrons. The molecule has 1 aliphatic heterocycles. The van der Waals surface area contributed by atoms with Crippen LogP contribution in [-0.2, 0) is 4.79 Å². The molecule has 1 atom stereocenters. The van der Waals surface area contributed by atoms with Crippen LogP contribution in [0.3, 0.4) is 0 Å². The molecule has 1 aliphatic rings. The number of halogens is 1. The first-order valence-corrected chi connectivity index (χ1v) is 11.7. The fourth-order valence-electron chi connectivity index (χ4n) is 3.51. The van der Waals surface area contributed by atoms with Gasteiger partial charge in [0.15, 0.2) is 0 Å². The van der Waals surface area contributed by atoms with Gasteiger partial charge in [-0.15, -0.1) is 10.2 Å². The molecular formula is C23H22ClN5O3S. The van der Waals surface area contributed by atoms with E-state index in [2.05, 4.69) is 20.8 Å². The number of aryl methyl sites for hydroxylation is 1. The average molecular weight is 484 g/mol. The second-order valence-electron chi connectivity index (χ2n) is 7.82. The van der Waals surface area contributed by atoms with Gasteiger partial charge in [0.2, 0.25) is 15.9 Å². The van der Waals surface area contributed by atoms with E-state index in [1.807, 2.05) is 31.2 Å². The monoisotopic (exact) mass is 483 g/mol. The molecule has 0 saturated carbocycles. The minimum absolute atomic E-state index is 0.0824. The van der Waals surface area contributed by atoms with Gasteiger partial charge in [-0.25, -0.2) is 0 Å². The Hall–Kier alpha value is -3.30. The SMILES string of the molecule is Cc1ccc(NC(=O)[C@@H]2CCCN(C(=O)c3nnc(C(=O)Nc4ccc(Cl)cc4)s3)C2)cc1. The highest BCUT2D eigenvalue weighted by molar-refractivity contribution is 7.15. The van der Waals surface area contributed by atoms with Crippen LogP contribution < -0.4 is 10.6 Å². The number of nitrogens with zero attached hydrogens (tertiary/aromatic N) is 3. The van der Waals surface area contributed by atoms with Crippen molar-refractivity contribution in [2.45, 2.75) is 19.8 Å². The van der Waals surface area contributed by atoms with E-state index < -0.39 is 5.91 Å². The first kappa shape index (κ1) is 22.9. The molecular weight excluding hydrogens is 462 g/mol. The lowest BCUT2D eigenvalue weighted by atomic mass is 9.97. The Morgan fingerprint density at radius 2 is 1.61 bits per heavy atom. The van der Waals surface area contributed by atoms with E-state index >= 15 is 0 Å². The number of anilines is 2. The predicted octanol–water partition coefficient (Wildman–Crippen LogP) is 4.24. The Labute approximate surface area is 200 Å².